The maximum Gasteiger partial charge on any atom is 0.264 e. The Morgan fingerprint density at radius 3 is 1.93 bits per heavy atom. The summed E-state index contributed by atoms with van der Waals surface area (Å²) in [5.74, 6) is -1.29. The summed E-state index contributed by atoms with van der Waals surface area (Å²) in [5, 5.41) is 15.0. The van der Waals surface area contributed by atoms with E-state index in [1.165, 1.54) is 30.3 Å². The third-order valence-electron chi connectivity index (χ3n) is 6.89. The van der Waals surface area contributed by atoms with E-state index in [1.54, 1.807) is 4.90 Å². The van der Waals surface area contributed by atoms with Crippen LogP contribution >= 0.6 is 0 Å². The van der Waals surface area contributed by atoms with Crippen LogP contribution in [0.1, 0.15) is 19.4 Å². The molecule has 1 heterocycles. The van der Waals surface area contributed by atoms with Crippen LogP contribution in [0.5, 0.6) is 0 Å². The number of benzene rings is 1. The van der Waals surface area contributed by atoms with Gasteiger partial charge in [-0.2, -0.15) is 5.26 Å². The summed E-state index contributed by atoms with van der Waals surface area (Å²) < 4.78 is 40.3. The number of likely N-dealkylation sites (tertiary alicyclic amines) is 1. The fraction of sp³-hybridized carbons (Fsp3) is 0.613. The third kappa shape index (κ3) is 14.4. The average molecular weight is 621 g/mol. The van der Waals surface area contributed by atoms with Crippen LogP contribution in [0.2, 0.25) is 0 Å². The van der Waals surface area contributed by atoms with Gasteiger partial charge in [-0.3, -0.25) is 14.4 Å². The number of nitriles is 1. The molecule has 2 N–H and O–H groups in total. The topological polar surface area (TPSA) is 148 Å². The first kappa shape index (κ1) is 36.8. The van der Waals surface area contributed by atoms with Crippen molar-refractivity contribution in [3.8, 4) is 6.07 Å². The number of nitrogens with one attached hydrogen (secondary N) is 2. The molecule has 1 aliphatic rings. The quantitative estimate of drug-likeness (QED) is 0.0802. The molecule has 1 aromatic rings. The number of carbonyl (C=O) groups excluding carboxylic acids is 3. The van der Waals surface area contributed by atoms with Gasteiger partial charge < -0.3 is 39.2 Å². The lowest BCUT2D eigenvalue weighted by atomic mass is 9.85. The fourth-order valence-electron chi connectivity index (χ4n) is 4.53. The van der Waals surface area contributed by atoms with Crippen LogP contribution in [0, 0.1) is 34.9 Å². The van der Waals surface area contributed by atoms with Crippen molar-refractivity contribution in [2.75, 3.05) is 92.2 Å². The Morgan fingerprint density at radius 1 is 0.909 bits per heavy atom. The highest BCUT2D eigenvalue weighted by molar-refractivity contribution is 6.02. The van der Waals surface area contributed by atoms with E-state index in [2.05, 4.69) is 10.6 Å². The summed E-state index contributed by atoms with van der Waals surface area (Å²) >= 11 is 0. The molecule has 1 aliphatic heterocycles. The Kier molecular flexibility index (Phi) is 18.5. The molecular formula is C31H45FN4O8. The van der Waals surface area contributed by atoms with E-state index >= 15 is 0 Å². The average Bonchev–Trinajstić information content (AvgIpc) is 3.48. The van der Waals surface area contributed by atoms with Gasteiger partial charge in [-0.1, -0.05) is 26.0 Å². The minimum atomic E-state index is -0.442. The minimum Gasteiger partial charge on any atom is -0.377 e. The van der Waals surface area contributed by atoms with Gasteiger partial charge in [0, 0.05) is 26.2 Å². The van der Waals surface area contributed by atoms with Crippen molar-refractivity contribution < 1.29 is 42.5 Å². The van der Waals surface area contributed by atoms with E-state index in [0.717, 1.165) is 0 Å². The van der Waals surface area contributed by atoms with Crippen molar-refractivity contribution >= 4 is 24.3 Å². The van der Waals surface area contributed by atoms with Crippen LogP contribution < -0.4 is 10.6 Å². The second-order valence-electron chi connectivity index (χ2n) is 10.4. The van der Waals surface area contributed by atoms with Gasteiger partial charge in [0.05, 0.1) is 72.0 Å². The molecular weight excluding hydrogens is 575 g/mol. The molecule has 1 saturated heterocycles. The highest BCUT2D eigenvalue weighted by Crippen LogP contribution is 2.31. The van der Waals surface area contributed by atoms with Crippen LogP contribution in [0.15, 0.2) is 29.8 Å². The largest absolute Gasteiger partial charge is 0.377 e. The fourth-order valence-corrected chi connectivity index (χ4v) is 4.53. The highest BCUT2D eigenvalue weighted by Gasteiger charge is 2.41. The number of rotatable bonds is 23. The van der Waals surface area contributed by atoms with Gasteiger partial charge in [-0.05, 0) is 35.6 Å². The minimum absolute atomic E-state index is 0.0514. The number of ether oxygens (including phenoxy) is 5. The summed E-state index contributed by atoms with van der Waals surface area (Å²) in [6.45, 7) is 9.62. The zero-order valence-electron chi connectivity index (χ0n) is 25.6. The van der Waals surface area contributed by atoms with E-state index in [4.69, 9.17) is 23.7 Å². The zero-order valence-corrected chi connectivity index (χ0v) is 25.6. The standard InChI is InChI=1S/C31H45FN4O8/c1-24(2)28-21-36(31(39)26(20-33)19-25-3-5-27(32)6-4-25)22-29(28)30(38)35-8-10-41-12-14-43-16-18-44-17-15-42-13-11-40-9-7-34-23-37/h3-6,19,23-24,28-29H,7-18,21-22H2,1-2H3,(H,34,37)(H,35,38)/b26-19+/t28-,29+/m0/s1. The van der Waals surface area contributed by atoms with Crippen molar-refractivity contribution in [1.82, 2.24) is 15.5 Å². The first-order chi connectivity index (χ1) is 21.4. The lowest BCUT2D eigenvalue weighted by Gasteiger charge is -2.20. The van der Waals surface area contributed by atoms with Gasteiger partial charge in [0.15, 0.2) is 0 Å². The molecule has 0 saturated carbocycles. The van der Waals surface area contributed by atoms with Crippen LogP contribution in [-0.4, -0.2) is 115 Å². The van der Waals surface area contributed by atoms with Crippen LogP contribution in [0.3, 0.4) is 0 Å². The van der Waals surface area contributed by atoms with Gasteiger partial charge in [0.1, 0.15) is 17.5 Å². The second kappa shape index (κ2) is 22.2. The molecule has 1 aromatic carbocycles. The van der Waals surface area contributed by atoms with Crippen molar-refractivity contribution in [3.05, 3.63) is 41.2 Å². The SMILES string of the molecule is CC(C)[C@@H]1CN(C(=O)/C(C#N)=C/c2ccc(F)cc2)C[C@H]1C(=O)NCCOCCOCCOCCOCCOCCNC=O. The smallest absolute Gasteiger partial charge is 0.264 e. The Labute approximate surface area is 258 Å². The Hall–Kier alpha value is -3.41. The first-order valence-electron chi connectivity index (χ1n) is 14.9. The molecule has 2 rings (SSSR count). The van der Waals surface area contributed by atoms with E-state index in [-0.39, 0.29) is 29.9 Å². The Morgan fingerprint density at radius 2 is 1.43 bits per heavy atom. The molecule has 44 heavy (non-hydrogen) atoms. The van der Waals surface area contributed by atoms with E-state index in [9.17, 15) is 24.0 Å². The van der Waals surface area contributed by atoms with Crippen LogP contribution in [-0.2, 0) is 38.1 Å². The summed E-state index contributed by atoms with van der Waals surface area (Å²) in [7, 11) is 0. The van der Waals surface area contributed by atoms with Gasteiger partial charge >= 0.3 is 0 Å². The summed E-state index contributed by atoms with van der Waals surface area (Å²) in [6.07, 6.45) is 2.06. The molecule has 0 spiro atoms. The molecule has 0 bridgehead atoms. The maximum absolute atomic E-state index is 13.2. The van der Waals surface area contributed by atoms with Crippen molar-refractivity contribution in [3.63, 3.8) is 0 Å². The van der Waals surface area contributed by atoms with Crippen molar-refractivity contribution in [2.24, 2.45) is 17.8 Å². The molecule has 12 nitrogen and oxygen atoms in total. The maximum atomic E-state index is 13.2. The first-order valence-corrected chi connectivity index (χ1v) is 14.9. The van der Waals surface area contributed by atoms with Crippen LogP contribution in [0.25, 0.3) is 6.08 Å². The molecule has 2 atom stereocenters. The van der Waals surface area contributed by atoms with Crippen molar-refractivity contribution in [1.29, 1.82) is 5.26 Å². The van der Waals surface area contributed by atoms with Gasteiger partial charge in [-0.25, -0.2) is 4.39 Å². The van der Waals surface area contributed by atoms with E-state index in [1.807, 2.05) is 19.9 Å². The molecule has 3 amide bonds. The molecule has 244 valence electrons. The predicted octanol–water partition coefficient (Wildman–Crippen LogP) is 1.41. The molecule has 0 radical (unpaired) electrons. The second-order valence-corrected chi connectivity index (χ2v) is 10.4. The molecule has 0 aromatic heterocycles. The molecule has 13 heteroatoms. The summed E-state index contributed by atoms with van der Waals surface area (Å²) in [5.41, 5.74) is 0.488. The number of nitrogens with zero attached hydrogens (tertiary/aromatic N) is 2. The zero-order chi connectivity index (χ0) is 32.0. The Bertz CT molecular complexity index is 1060. The summed E-state index contributed by atoms with van der Waals surface area (Å²) in [6, 6.07) is 7.48. The molecule has 0 aliphatic carbocycles. The van der Waals surface area contributed by atoms with Crippen molar-refractivity contribution in [2.45, 2.75) is 13.8 Å². The normalized spacial score (nSPS) is 16.6. The number of amides is 3. The highest BCUT2D eigenvalue weighted by atomic mass is 19.1. The predicted molar refractivity (Wildman–Crippen MR) is 160 cm³/mol. The van der Waals surface area contributed by atoms with Gasteiger partial charge in [0.25, 0.3) is 5.91 Å². The molecule has 0 unspecified atom stereocenters. The summed E-state index contributed by atoms with van der Waals surface area (Å²) in [4.78, 5) is 37.7. The number of halogens is 1. The van der Waals surface area contributed by atoms with Gasteiger partial charge in [-0.15, -0.1) is 0 Å². The van der Waals surface area contributed by atoms with Gasteiger partial charge in [0.2, 0.25) is 12.3 Å². The van der Waals surface area contributed by atoms with Crippen LogP contribution in [0.4, 0.5) is 4.39 Å². The van der Waals surface area contributed by atoms with E-state index in [0.29, 0.717) is 97.7 Å². The lowest BCUT2D eigenvalue weighted by molar-refractivity contribution is -0.127. The lowest BCUT2D eigenvalue weighted by Crippen LogP contribution is -2.38. The monoisotopic (exact) mass is 620 g/mol. The molecule has 1 fully saturated rings. The Balaban J connectivity index is 1.56. The van der Waals surface area contributed by atoms with E-state index < -0.39 is 17.6 Å². The third-order valence-corrected chi connectivity index (χ3v) is 6.89. The number of hydrogen-bond donors (Lipinski definition) is 2. The number of carbonyl (C=O) groups is 3. The number of hydrogen-bond acceptors (Lipinski definition) is 9.